The molecule has 0 fully saturated rings. The molecule has 0 aromatic heterocycles. The number of halogens is 1. The maximum atomic E-state index is 11.9. The van der Waals surface area contributed by atoms with Gasteiger partial charge in [0, 0.05) is 28.4 Å². The second-order valence-electron chi connectivity index (χ2n) is 6.47. The number of carbonyl (C=O) groups excluding carboxylic acids is 2. The summed E-state index contributed by atoms with van der Waals surface area (Å²) in [6.45, 7) is 0.882. The second kappa shape index (κ2) is 10.4. The summed E-state index contributed by atoms with van der Waals surface area (Å²) in [7, 11) is 0. The highest BCUT2D eigenvalue weighted by molar-refractivity contribution is 7.99. The number of carbonyl (C=O) groups is 2. The van der Waals surface area contributed by atoms with E-state index in [0.717, 1.165) is 45.5 Å². The van der Waals surface area contributed by atoms with Gasteiger partial charge in [-0.1, -0.05) is 11.6 Å². The summed E-state index contributed by atoms with van der Waals surface area (Å²) in [5, 5.41) is 6.46. The van der Waals surface area contributed by atoms with E-state index in [-0.39, 0.29) is 11.8 Å². The monoisotopic (exact) mass is 418 g/mol. The zero-order valence-corrected chi connectivity index (χ0v) is 17.1. The van der Waals surface area contributed by atoms with Gasteiger partial charge in [0.05, 0.1) is 6.54 Å². The van der Waals surface area contributed by atoms with E-state index < -0.39 is 0 Å². The summed E-state index contributed by atoms with van der Waals surface area (Å²) in [6.07, 6.45) is 2.54. The number of benzene rings is 2. The smallest absolute Gasteiger partial charge is 0.224 e. The van der Waals surface area contributed by atoms with Gasteiger partial charge in [-0.15, -0.1) is 11.8 Å². The number of amides is 2. The van der Waals surface area contributed by atoms with E-state index in [2.05, 4.69) is 10.6 Å². The number of rotatable bonds is 9. The summed E-state index contributed by atoms with van der Waals surface area (Å²) in [5.41, 5.74) is 1.94. The molecule has 1 aliphatic heterocycles. The highest BCUT2D eigenvalue weighted by Gasteiger charge is 2.14. The van der Waals surface area contributed by atoms with E-state index >= 15 is 0 Å². The SMILES string of the molecule is O=C(CCCSc1ccc(Cl)cc1)NCCOc1ccc2c(c1)CCC(=O)N2. The Kier molecular flexibility index (Phi) is 7.62. The van der Waals surface area contributed by atoms with Crippen LogP contribution in [0.15, 0.2) is 47.4 Å². The number of aryl methyl sites for hydroxylation is 1. The lowest BCUT2D eigenvalue weighted by Gasteiger charge is -2.17. The molecule has 2 aromatic carbocycles. The van der Waals surface area contributed by atoms with Crippen molar-refractivity contribution in [3.8, 4) is 5.75 Å². The largest absolute Gasteiger partial charge is 0.492 e. The number of hydrogen-bond acceptors (Lipinski definition) is 4. The molecule has 28 heavy (non-hydrogen) atoms. The van der Waals surface area contributed by atoms with Gasteiger partial charge in [-0.05, 0) is 66.6 Å². The predicted molar refractivity (Wildman–Crippen MR) is 113 cm³/mol. The van der Waals surface area contributed by atoms with Crippen LogP contribution in [-0.2, 0) is 16.0 Å². The zero-order chi connectivity index (χ0) is 19.8. The summed E-state index contributed by atoms with van der Waals surface area (Å²) >= 11 is 7.58. The number of anilines is 1. The second-order valence-corrected chi connectivity index (χ2v) is 8.08. The molecule has 2 N–H and O–H groups in total. The molecule has 2 aromatic rings. The number of nitrogens with one attached hydrogen (secondary N) is 2. The standard InChI is InChI=1S/C21H23ClN2O3S/c22-16-4-7-18(8-5-16)28-13-1-2-20(25)23-11-12-27-17-6-9-19-15(14-17)3-10-21(26)24-19/h4-9,14H,1-3,10-13H2,(H,23,25)(H,24,26). The third-order valence-electron chi connectivity index (χ3n) is 4.30. The maximum Gasteiger partial charge on any atom is 0.224 e. The molecule has 0 saturated carbocycles. The number of hydrogen-bond donors (Lipinski definition) is 2. The molecule has 2 amide bonds. The number of thioether (sulfide) groups is 1. The molecule has 3 rings (SSSR count). The van der Waals surface area contributed by atoms with Crippen LogP contribution < -0.4 is 15.4 Å². The van der Waals surface area contributed by atoms with Crippen molar-refractivity contribution in [2.75, 3.05) is 24.2 Å². The van der Waals surface area contributed by atoms with Gasteiger partial charge in [0.2, 0.25) is 11.8 Å². The van der Waals surface area contributed by atoms with E-state index in [9.17, 15) is 9.59 Å². The van der Waals surface area contributed by atoms with Crippen molar-refractivity contribution < 1.29 is 14.3 Å². The lowest BCUT2D eigenvalue weighted by atomic mass is 10.0. The third kappa shape index (κ3) is 6.46. The molecular formula is C21H23ClN2O3S. The van der Waals surface area contributed by atoms with Crippen molar-refractivity contribution >= 4 is 40.9 Å². The zero-order valence-electron chi connectivity index (χ0n) is 15.5. The lowest BCUT2D eigenvalue weighted by molar-refractivity contribution is -0.121. The van der Waals surface area contributed by atoms with Gasteiger partial charge in [0.15, 0.2) is 0 Å². The Hall–Kier alpha value is -2.18. The Morgan fingerprint density at radius 3 is 2.82 bits per heavy atom. The highest BCUT2D eigenvalue weighted by Crippen LogP contribution is 2.26. The minimum absolute atomic E-state index is 0.0356. The van der Waals surface area contributed by atoms with Gasteiger partial charge < -0.3 is 15.4 Å². The summed E-state index contributed by atoms with van der Waals surface area (Å²) in [4.78, 5) is 24.4. The van der Waals surface area contributed by atoms with Crippen LogP contribution in [-0.4, -0.2) is 30.7 Å². The van der Waals surface area contributed by atoms with Crippen molar-refractivity contribution in [2.24, 2.45) is 0 Å². The highest BCUT2D eigenvalue weighted by atomic mass is 35.5. The van der Waals surface area contributed by atoms with E-state index in [4.69, 9.17) is 16.3 Å². The average Bonchev–Trinajstić information content (AvgIpc) is 2.70. The number of ether oxygens (including phenoxy) is 1. The molecule has 0 unspecified atom stereocenters. The van der Waals surface area contributed by atoms with E-state index in [0.29, 0.717) is 26.0 Å². The fourth-order valence-corrected chi connectivity index (χ4v) is 3.83. The van der Waals surface area contributed by atoms with E-state index in [1.54, 1.807) is 11.8 Å². The molecule has 5 nitrogen and oxygen atoms in total. The Morgan fingerprint density at radius 1 is 1.18 bits per heavy atom. The number of fused-ring (bicyclic) bond motifs is 1. The van der Waals surface area contributed by atoms with Crippen LogP contribution in [0, 0.1) is 0 Å². The molecule has 1 aliphatic rings. The van der Waals surface area contributed by atoms with Gasteiger partial charge >= 0.3 is 0 Å². The van der Waals surface area contributed by atoms with Crippen molar-refractivity contribution in [1.82, 2.24) is 5.32 Å². The molecule has 7 heteroatoms. The fourth-order valence-electron chi connectivity index (χ4n) is 2.85. The molecule has 0 radical (unpaired) electrons. The molecular weight excluding hydrogens is 396 g/mol. The van der Waals surface area contributed by atoms with Gasteiger partial charge in [-0.2, -0.15) is 0 Å². The molecule has 0 aliphatic carbocycles. The van der Waals surface area contributed by atoms with Crippen LogP contribution in [0.1, 0.15) is 24.8 Å². The van der Waals surface area contributed by atoms with Crippen LogP contribution >= 0.6 is 23.4 Å². The third-order valence-corrected chi connectivity index (χ3v) is 5.65. The van der Waals surface area contributed by atoms with Crippen molar-refractivity contribution in [1.29, 1.82) is 0 Å². The topological polar surface area (TPSA) is 67.4 Å². The molecule has 0 atom stereocenters. The van der Waals surface area contributed by atoms with Crippen molar-refractivity contribution in [3.05, 3.63) is 53.1 Å². The first-order valence-electron chi connectivity index (χ1n) is 9.31. The van der Waals surface area contributed by atoms with Crippen LogP contribution in [0.5, 0.6) is 5.75 Å². The summed E-state index contributed by atoms with van der Waals surface area (Å²) in [6, 6.07) is 13.4. The van der Waals surface area contributed by atoms with Crippen LogP contribution in [0.2, 0.25) is 5.02 Å². The Bertz CT molecular complexity index is 827. The van der Waals surface area contributed by atoms with Crippen LogP contribution in [0.3, 0.4) is 0 Å². The van der Waals surface area contributed by atoms with Crippen molar-refractivity contribution in [2.45, 2.75) is 30.6 Å². The van der Waals surface area contributed by atoms with Crippen LogP contribution in [0.4, 0.5) is 5.69 Å². The molecule has 148 valence electrons. The van der Waals surface area contributed by atoms with Crippen molar-refractivity contribution in [3.63, 3.8) is 0 Å². The first-order chi connectivity index (χ1) is 13.6. The molecule has 0 saturated heterocycles. The fraction of sp³-hybridized carbons (Fsp3) is 0.333. The first-order valence-corrected chi connectivity index (χ1v) is 10.7. The van der Waals surface area contributed by atoms with Crippen LogP contribution in [0.25, 0.3) is 0 Å². The molecule has 0 bridgehead atoms. The first kappa shape index (κ1) is 20.6. The summed E-state index contributed by atoms with van der Waals surface area (Å²) < 4.78 is 5.70. The molecule has 1 heterocycles. The Morgan fingerprint density at radius 2 is 2.00 bits per heavy atom. The summed E-state index contributed by atoms with van der Waals surface area (Å²) in [5.74, 6) is 1.73. The Labute approximate surface area is 174 Å². The normalized spacial score (nSPS) is 12.8. The lowest BCUT2D eigenvalue weighted by Crippen LogP contribution is -2.28. The minimum Gasteiger partial charge on any atom is -0.492 e. The molecule has 0 spiro atoms. The Balaban J connectivity index is 1.28. The minimum atomic E-state index is 0.0356. The van der Waals surface area contributed by atoms with Gasteiger partial charge in [-0.3, -0.25) is 9.59 Å². The van der Waals surface area contributed by atoms with Gasteiger partial charge in [-0.25, -0.2) is 0 Å². The quantitative estimate of drug-likeness (QED) is 0.470. The van der Waals surface area contributed by atoms with E-state index in [1.165, 1.54) is 0 Å². The van der Waals surface area contributed by atoms with Gasteiger partial charge in [0.25, 0.3) is 0 Å². The van der Waals surface area contributed by atoms with Gasteiger partial charge in [0.1, 0.15) is 12.4 Å². The van der Waals surface area contributed by atoms with E-state index in [1.807, 2.05) is 42.5 Å². The maximum absolute atomic E-state index is 11.9. The average molecular weight is 419 g/mol. The predicted octanol–water partition coefficient (Wildman–Crippen LogP) is 4.29.